The van der Waals surface area contributed by atoms with Crippen molar-refractivity contribution in [3.8, 4) is 5.75 Å². The third-order valence-electron chi connectivity index (χ3n) is 4.92. The van der Waals surface area contributed by atoms with E-state index < -0.39 is 15.9 Å². The van der Waals surface area contributed by atoms with Gasteiger partial charge in [-0.2, -0.15) is 4.31 Å². The van der Waals surface area contributed by atoms with Gasteiger partial charge in [0.05, 0.1) is 22.0 Å². The molecule has 0 aliphatic carbocycles. The Bertz CT molecular complexity index is 1170. The first kappa shape index (κ1) is 23.1. The van der Waals surface area contributed by atoms with Crippen molar-refractivity contribution in [3.63, 3.8) is 0 Å². The van der Waals surface area contributed by atoms with Crippen LogP contribution in [0.5, 0.6) is 5.75 Å². The molecular formula is C23H25ClN2O4S. The lowest BCUT2D eigenvalue weighted by atomic mass is 10.1. The first-order valence-corrected chi connectivity index (χ1v) is 11.9. The first-order chi connectivity index (χ1) is 14.9. The van der Waals surface area contributed by atoms with Crippen molar-refractivity contribution in [2.24, 2.45) is 0 Å². The van der Waals surface area contributed by atoms with Crippen molar-refractivity contribution in [3.05, 3.63) is 71.2 Å². The lowest BCUT2D eigenvalue weighted by molar-refractivity contribution is 0.0947. The number of carbonyl (C=O) groups excluding carboxylic acids is 1. The molecule has 0 unspecified atom stereocenters. The van der Waals surface area contributed by atoms with Crippen LogP contribution in [0.2, 0.25) is 5.02 Å². The molecule has 164 valence electrons. The molecule has 0 heterocycles. The number of benzene rings is 3. The number of nitrogens with one attached hydrogen (secondary N) is 1. The van der Waals surface area contributed by atoms with Gasteiger partial charge < -0.3 is 10.1 Å². The molecule has 0 radical (unpaired) electrons. The molecule has 3 rings (SSSR count). The monoisotopic (exact) mass is 460 g/mol. The Labute approximate surface area is 187 Å². The molecule has 3 aromatic carbocycles. The van der Waals surface area contributed by atoms with Crippen LogP contribution in [-0.2, 0) is 10.0 Å². The van der Waals surface area contributed by atoms with Gasteiger partial charge in [-0.1, -0.05) is 61.8 Å². The largest absolute Gasteiger partial charge is 0.491 e. The van der Waals surface area contributed by atoms with Gasteiger partial charge in [-0.15, -0.1) is 0 Å². The highest BCUT2D eigenvalue weighted by molar-refractivity contribution is 7.89. The zero-order valence-electron chi connectivity index (χ0n) is 17.5. The number of rotatable bonds is 9. The van der Waals surface area contributed by atoms with E-state index in [2.05, 4.69) is 5.32 Å². The number of amides is 1. The van der Waals surface area contributed by atoms with Gasteiger partial charge in [0.15, 0.2) is 0 Å². The lowest BCUT2D eigenvalue weighted by Crippen LogP contribution is -2.31. The molecule has 0 fully saturated rings. The van der Waals surface area contributed by atoms with Crippen molar-refractivity contribution < 1.29 is 17.9 Å². The number of ether oxygens (including phenoxy) is 1. The van der Waals surface area contributed by atoms with Gasteiger partial charge in [-0.25, -0.2) is 8.42 Å². The molecule has 1 N–H and O–H groups in total. The van der Waals surface area contributed by atoms with Gasteiger partial charge in [0.2, 0.25) is 10.0 Å². The highest BCUT2D eigenvalue weighted by atomic mass is 35.5. The lowest BCUT2D eigenvalue weighted by Gasteiger charge is -2.19. The Morgan fingerprint density at radius 2 is 1.74 bits per heavy atom. The summed E-state index contributed by atoms with van der Waals surface area (Å²) in [5, 5.41) is 4.99. The number of nitrogens with zero attached hydrogens (tertiary/aromatic N) is 1. The highest BCUT2D eigenvalue weighted by Crippen LogP contribution is 2.25. The Kier molecular flexibility index (Phi) is 7.54. The number of fused-ring (bicyclic) bond motifs is 1. The minimum atomic E-state index is -3.69. The number of sulfonamides is 1. The van der Waals surface area contributed by atoms with Crippen molar-refractivity contribution in [1.29, 1.82) is 0 Å². The molecular weight excluding hydrogens is 436 g/mol. The molecule has 0 aliphatic heterocycles. The molecule has 0 saturated heterocycles. The van der Waals surface area contributed by atoms with Crippen molar-refractivity contribution >= 4 is 38.3 Å². The molecule has 8 heteroatoms. The maximum Gasteiger partial charge on any atom is 0.252 e. The topological polar surface area (TPSA) is 75.7 Å². The number of hydrogen-bond donors (Lipinski definition) is 1. The summed E-state index contributed by atoms with van der Waals surface area (Å²) < 4.78 is 32.6. The van der Waals surface area contributed by atoms with Gasteiger partial charge in [0.1, 0.15) is 12.4 Å². The maximum atomic E-state index is 12.7. The molecule has 0 spiro atoms. The van der Waals surface area contributed by atoms with E-state index in [1.54, 1.807) is 13.8 Å². The minimum absolute atomic E-state index is 0.0396. The van der Waals surface area contributed by atoms with Crippen LogP contribution >= 0.6 is 11.6 Å². The van der Waals surface area contributed by atoms with Crippen LogP contribution in [0.3, 0.4) is 0 Å². The third-order valence-corrected chi connectivity index (χ3v) is 7.30. The fraction of sp³-hybridized carbons (Fsp3) is 0.261. The summed E-state index contributed by atoms with van der Waals surface area (Å²) in [5.74, 6) is 0.279. The minimum Gasteiger partial charge on any atom is -0.491 e. The van der Waals surface area contributed by atoms with Crippen LogP contribution in [0.25, 0.3) is 10.8 Å². The van der Waals surface area contributed by atoms with Gasteiger partial charge >= 0.3 is 0 Å². The molecule has 3 aromatic rings. The second-order valence-electron chi connectivity index (χ2n) is 6.81. The van der Waals surface area contributed by atoms with Gasteiger partial charge in [-0.3, -0.25) is 4.79 Å². The van der Waals surface area contributed by atoms with Gasteiger partial charge in [0.25, 0.3) is 5.91 Å². The summed E-state index contributed by atoms with van der Waals surface area (Å²) >= 11 is 6.16. The standard InChI is InChI=1S/C23H25ClN2O4S/c1-3-26(4-2)31(28,29)18-12-13-21(24)20(16-18)23(27)25-14-15-30-22-11-7-9-17-8-5-6-10-19(17)22/h5-13,16H,3-4,14-15H2,1-2H3,(H,25,27). The molecule has 0 bridgehead atoms. The normalized spacial score (nSPS) is 11.6. The number of halogens is 1. The fourth-order valence-electron chi connectivity index (χ4n) is 3.29. The predicted octanol–water partition coefficient (Wildman–Crippen LogP) is 4.33. The van der Waals surface area contributed by atoms with E-state index in [0.717, 1.165) is 16.5 Å². The smallest absolute Gasteiger partial charge is 0.252 e. The molecule has 6 nitrogen and oxygen atoms in total. The number of hydrogen-bond acceptors (Lipinski definition) is 4. The average molecular weight is 461 g/mol. The summed E-state index contributed by atoms with van der Waals surface area (Å²) in [4.78, 5) is 12.7. The average Bonchev–Trinajstić information content (AvgIpc) is 2.77. The zero-order valence-corrected chi connectivity index (χ0v) is 19.0. The molecule has 0 aromatic heterocycles. The quantitative estimate of drug-likeness (QED) is 0.482. The number of carbonyl (C=O) groups is 1. The van der Waals surface area contributed by atoms with Crippen molar-refractivity contribution in [2.75, 3.05) is 26.2 Å². The Balaban J connectivity index is 1.67. The Morgan fingerprint density at radius 1 is 1.03 bits per heavy atom. The summed E-state index contributed by atoms with van der Waals surface area (Å²) in [5.41, 5.74) is 0.111. The van der Waals surface area contributed by atoms with Crippen LogP contribution < -0.4 is 10.1 Å². The predicted molar refractivity (Wildman–Crippen MR) is 123 cm³/mol. The summed E-state index contributed by atoms with van der Waals surface area (Å²) in [6.45, 7) is 4.71. The Morgan fingerprint density at radius 3 is 2.48 bits per heavy atom. The third kappa shape index (κ3) is 5.18. The second-order valence-corrected chi connectivity index (χ2v) is 9.16. The summed E-state index contributed by atoms with van der Waals surface area (Å²) in [6, 6.07) is 17.8. The SMILES string of the molecule is CCN(CC)S(=O)(=O)c1ccc(Cl)c(C(=O)NCCOc2cccc3ccccc23)c1. The van der Waals surface area contributed by atoms with E-state index in [-0.39, 0.29) is 28.6 Å². The molecule has 1 amide bonds. The first-order valence-electron chi connectivity index (χ1n) is 10.1. The van der Waals surface area contributed by atoms with Crippen molar-refractivity contribution in [1.82, 2.24) is 9.62 Å². The van der Waals surface area contributed by atoms with E-state index in [1.807, 2.05) is 42.5 Å². The van der Waals surface area contributed by atoms with Crippen LogP contribution in [0.1, 0.15) is 24.2 Å². The fourth-order valence-corrected chi connectivity index (χ4v) is 4.98. The van der Waals surface area contributed by atoms with Crippen LogP contribution in [0.15, 0.2) is 65.6 Å². The second kappa shape index (κ2) is 10.1. The van der Waals surface area contributed by atoms with Gasteiger partial charge in [-0.05, 0) is 29.7 Å². The van der Waals surface area contributed by atoms with E-state index in [0.29, 0.717) is 13.1 Å². The van der Waals surface area contributed by atoms with Gasteiger partial charge in [0, 0.05) is 18.5 Å². The molecule has 0 saturated carbocycles. The summed E-state index contributed by atoms with van der Waals surface area (Å²) in [7, 11) is -3.69. The van der Waals surface area contributed by atoms with Crippen LogP contribution in [-0.4, -0.2) is 44.9 Å². The molecule has 31 heavy (non-hydrogen) atoms. The van der Waals surface area contributed by atoms with E-state index in [9.17, 15) is 13.2 Å². The highest BCUT2D eigenvalue weighted by Gasteiger charge is 2.23. The Hall–Kier alpha value is -2.61. The van der Waals surface area contributed by atoms with Crippen LogP contribution in [0.4, 0.5) is 0 Å². The van der Waals surface area contributed by atoms with E-state index >= 15 is 0 Å². The zero-order chi connectivity index (χ0) is 22.4. The van der Waals surface area contributed by atoms with Crippen LogP contribution in [0, 0.1) is 0 Å². The molecule has 0 aliphatic rings. The summed E-state index contributed by atoms with van der Waals surface area (Å²) in [6.07, 6.45) is 0. The molecule has 0 atom stereocenters. The van der Waals surface area contributed by atoms with E-state index in [4.69, 9.17) is 16.3 Å². The maximum absolute atomic E-state index is 12.7. The van der Waals surface area contributed by atoms with E-state index in [1.165, 1.54) is 22.5 Å². The van der Waals surface area contributed by atoms with Crippen molar-refractivity contribution in [2.45, 2.75) is 18.7 Å².